The van der Waals surface area contributed by atoms with Gasteiger partial charge in [0.2, 0.25) is 5.82 Å². The average molecular weight is 357 g/mol. The van der Waals surface area contributed by atoms with Crippen LogP contribution in [0.4, 0.5) is 5.82 Å². The molecule has 0 aliphatic carbocycles. The van der Waals surface area contributed by atoms with Crippen molar-refractivity contribution in [3.63, 3.8) is 0 Å². The maximum absolute atomic E-state index is 11.6. The second-order valence-electron chi connectivity index (χ2n) is 4.17. The third kappa shape index (κ3) is 4.94. The van der Waals surface area contributed by atoms with Crippen LogP contribution >= 0.6 is 23.2 Å². The van der Waals surface area contributed by atoms with E-state index in [0.29, 0.717) is 15.6 Å². The van der Waals surface area contributed by atoms with Crippen molar-refractivity contribution in [2.75, 3.05) is 11.9 Å². The number of amides is 1. The van der Waals surface area contributed by atoms with Crippen molar-refractivity contribution in [3.05, 3.63) is 54.6 Å². The van der Waals surface area contributed by atoms with Gasteiger partial charge in [-0.3, -0.25) is 14.6 Å². The fourth-order valence-electron chi connectivity index (χ4n) is 1.45. The van der Waals surface area contributed by atoms with Crippen LogP contribution in [0.3, 0.4) is 0 Å². The molecule has 11 heteroatoms. The summed E-state index contributed by atoms with van der Waals surface area (Å²) < 4.78 is 0. The molecule has 0 aliphatic rings. The Balaban J connectivity index is 1.88. The van der Waals surface area contributed by atoms with Crippen molar-refractivity contribution in [1.29, 1.82) is 0 Å². The zero-order chi connectivity index (χ0) is 16.8. The zero-order valence-electron chi connectivity index (χ0n) is 11.4. The zero-order valence-corrected chi connectivity index (χ0v) is 12.9. The molecule has 0 aliphatic heterocycles. The van der Waals surface area contributed by atoms with Crippen LogP contribution in [0, 0.1) is 0 Å². The number of carbonyl (C=O) groups is 1. The van der Waals surface area contributed by atoms with Crippen molar-refractivity contribution in [1.82, 2.24) is 20.6 Å². The largest absolute Gasteiger partial charge is 0.355 e. The lowest BCUT2D eigenvalue weighted by Gasteiger charge is -2.02. The molecule has 1 aromatic heterocycles. The summed E-state index contributed by atoms with van der Waals surface area (Å²) in [4.78, 5) is 35.6. The second-order valence-corrected chi connectivity index (χ2v) is 5.01. The van der Waals surface area contributed by atoms with E-state index in [-0.39, 0.29) is 12.4 Å². The number of anilines is 1. The molecule has 0 radical (unpaired) electrons. The van der Waals surface area contributed by atoms with E-state index in [1.807, 2.05) is 10.1 Å². The number of aromatic amines is 2. The normalized spacial score (nSPS) is 10.7. The molecule has 0 unspecified atom stereocenters. The van der Waals surface area contributed by atoms with Crippen LogP contribution in [0.1, 0.15) is 5.56 Å². The first-order valence-electron chi connectivity index (χ1n) is 6.15. The molecule has 1 aromatic carbocycles. The highest BCUT2D eigenvalue weighted by atomic mass is 35.5. The molecule has 4 N–H and O–H groups in total. The molecular weight excluding hydrogens is 347 g/mol. The molecule has 2 aromatic rings. The molecule has 0 spiro atoms. The first-order valence-corrected chi connectivity index (χ1v) is 6.91. The molecule has 0 saturated heterocycles. The number of hydrazone groups is 1. The lowest BCUT2D eigenvalue weighted by molar-refractivity contribution is -0.119. The molecular formula is C12H10Cl2N6O3. The number of benzene rings is 1. The van der Waals surface area contributed by atoms with Gasteiger partial charge in [-0.25, -0.2) is 15.3 Å². The fourth-order valence-corrected chi connectivity index (χ4v) is 1.91. The van der Waals surface area contributed by atoms with Gasteiger partial charge in [0.25, 0.3) is 11.5 Å². The predicted molar refractivity (Wildman–Crippen MR) is 86.2 cm³/mol. The van der Waals surface area contributed by atoms with Gasteiger partial charge in [-0.05, 0) is 12.1 Å². The fraction of sp³-hybridized carbons (Fsp3) is 0.0833. The molecule has 2 rings (SSSR count). The summed E-state index contributed by atoms with van der Waals surface area (Å²) in [5.74, 6) is -0.719. The summed E-state index contributed by atoms with van der Waals surface area (Å²) in [6.07, 6.45) is 1.35. The van der Waals surface area contributed by atoms with Gasteiger partial charge in [-0.1, -0.05) is 29.3 Å². The summed E-state index contributed by atoms with van der Waals surface area (Å²) in [5, 5.41) is 12.5. The minimum absolute atomic E-state index is 0.190. The summed E-state index contributed by atoms with van der Waals surface area (Å²) >= 11 is 11.7. The monoisotopic (exact) mass is 356 g/mol. The second kappa shape index (κ2) is 7.56. The molecule has 9 nitrogen and oxygen atoms in total. The van der Waals surface area contributed by atoms with Crippen molar-refractivity contribution < 1.29 is 4.79 Å². The lowest BCUT2D eigenvalue weighted by Crippen LogP contribution is -2.31. The first kappa shape index (κ1) is 16.7. The number of hydrogen-bond acceptors (Lipinski definition) is 6. The Hall–Kier alpha value is -2.65. The van der Waals surface area contributed by atoms with Crippen molar-refractivity contribution in [2.24, 2.45) is 5.10 Å². The molecule has 1 amide bonds. The maximum atomic E-state index is 11.6. The number of rotatable bonds is 5. The van der Waals surface area contributed by atoms with Crippen LogP contribution in [-0.4, -0.2) is 33.8 Å². The number of aromatic nitrogens is 3. The van der Waals surface area contributed by atoms with E-state index < -0.39 is 17.2 Å². The van der Waals surface area contributed by atoms with Crippen LogP contribution in [0.25, 0.3) is 0 Å². The van der Waals surface area contributed by atoms with Gasteiger partial charge < -0.3 is 5.32 Å². The van der Waals surface area contributed by atoms with E-state index in [1.165, 1.54) is 6.21 Å². The van der Waals surface area contributed by atoms with Crippen LogP contribution in [0.5, 0.6) is 0 Å². The van der Waals surface area contributed by atoms with Crippen LogP contribution in [0.15, 0.2) is 32.9 Å². The Kier molecular flexibility index (Phi) is 5.50. The highest BCUT2D eigenvalue weighted by Gasteiger charge is 2.05. The molecule has 0 bridgehead atoms. The van der Waals surface area contributed by atoms with E-state index >= 15 is 0 Å². The number of halogens is 2. The summed E-state index contributed by atoms with van der Waals surface area (Å²) in [6, 6.07) is 4.82. The van der Waals surface area contributed by atoms with Crippen LogP contribution in [-0.2, 0) is 4.79 Å². The van der Waals surface area contributed by atoms with Crippen LogP contribution < -0.4 is 22.0 Å². The molecule has 0 saturated carbocycles. The topological polar surface area (TPSA) is 132 Å². The number of carbonyl (C=O) groups excluding carboxylic acids is 1. The molecule has 0 atom stereocenters. The van der Waals surface area contributed by atoms with Gasteiger partial charge in [-0.15, -0.1) is 5.10 Å². The van der Waals surface area contributed by atoms with Crippen molar-refractivity contribution in [2.45, 2.75) is 0 Å². The number of hydrogen-bond donors (Lipinski definition) is 4. The quantitative estimate of drug-likeness (QED) is 0.452. The van der Waals surface area contributed by atoms with E-state index in [0.717, 1.165) is 0 Å². The molecule has 1 heterocycles. The smallest absolute Gasteiger partial charge is 0.342 e. The number of H-pyrrole nitrogens is 2. The van der Waals surface area contributed by atoms with Gasteiger partial charge in [0.1, 0.15) is 0 Å². The number of nitrogens with zero attached hydrogens (tertiary/aromatic N) is 2. The van der Waals surface area contributed by atoms with Crippen LogP contribution in [0.2, 0.25) is 10.0 Å². The molecule has 23 heavy (non-hydrogen) atoms. The molecule has 120 valence electrons. The standard InChI is InChI=1S/C12H10Cl2N6O3/c13-7-2-1-6(8(14)3-7)4-16-18-9(21)5-15-10-11(22)17-12(23)20-19-10/h1-4H,5H2,(H,15,19)(H,18,21)(H2,17,20,22,23)/b16-4-. The average Bonchev–Trinajstić information content (AvgIpc) is 2.48. The van der Waals surface area contributed by atoms with Crippen molar-refractivity contribution >= 4 is 41.1 Å². The summed E-state index contributed by atoms with van der Waals surface area (Å²) in [5.41, 5.74) is 1.33. The Bertz CT molecular complexity index is 860. The Morgan fingerprint density at radius 2 is 2.13 bits per heavy atom. The van der Waals surface area contributed by atoms with Gasteiger partial charge in [0.05, 0.1) is 17.8 Å². The lowest BCUT2D eigenvalue weighted by atomic mass is 10.2. The van der Waals surface area contributed by atoms with E-state index in [2.05, 4.69) is 20.9 Å². The van der Waals surface area contributed by atoms with Gasteiger partial charge in [-0.2, -0.15) is 5.10 Å². The minimum atomic E-state index is -0.741. The Morgan fingerprint density at radius 3 is 2.83 bits per heavy atom. The van der Waals surface area contributed by atoms with E-state index in [9.17, 15) is 14.4 Å². The Morgan fingerprint density at radius 1 is 1.35 bits per heavy atom. The van der Waals surface area contributed by atoms with Gasteiger partial charge in [0.15, 0.2) is 0 Å². The van der Waals surface area contributed by atoms with Gasteiger partial charge >= 0.3 is 5.69 Å². The van der Waals surface area contributed by atoms with Crippen molar-refractivity contribution in [3.8, 4) is 0 Å². The predicted octanol–water partition coefficient (Wildman–Crippen LogP) is 0.327. The highest BCUT2D eigenvalue weighted by molar-refractivity contribution is 6.36. The first-order chi connectivity index (χ1) is 11.0. The summed E-state index contributed by atoms with van der Waals surface area (Å²) in [6.45, 7) is -0.270. The van der Waals surface area contributed by atoms with Gasteiger partial charge in [0, 0.05) is 10.6 Å². The SMILES string of the molecule is O=C(CNc1n[nH]c(=O)[nH]c1=O)N/N=C\c1ccc(Cl)cc1Cl. The molecule has 0 fully saturated rings. The highest BCUT2D eigenvalue weighted by Crippen LogP contribution is 2.19. The van der Waals surface area contributed by atoms with E-state index in [4.69, 9.17) is 23.2 Å². The minimum Gasteiger partial charge on any atom is -0.355 e. The summed E-state index contributed by atoms with van der Waals surface area (Å²) in [7, 11) is 0. The van der Waals surface area contributed by atoms with E-state index in [1.54, 1.807) is 18.2 Å². The third-order valence-electron chi connectivity index (χ3n) is 2.48. The maximum Gasteiger partial charge on any atom is 0.342 e. The number of nitrogens with one attached hydrogen (secondary N) is 4. The Labute approximate surface area is 138 Å². The third-order valence-corrected chi connectivity index (χ3v) is 3.05.